The Kier molecular flexibility index (Phi) is 3.07. The molecule has 0 unspecified atom stereocenters. The van der Waals surface area contributed by atoms with Gasteiger partial charge in [-0.15, -0.1) is 0 Å². The van der Waals surface area contributed by atoms with Crippen LogP contribution < -0.4 is 11.2 Å². The van der Waals surface area contributed by atoms with E-state index in [1.165, 1.54) is 10.8 Å². The minimum absolute atomic E-state index is 0.236. The number of aliphatic hydroxyl groups is 2. The van der Waals surface area contributed by atoms with Crippen molar-refractivity contribution in [1.82, 2.24) is 9.55 Å². The first-order valence-corrected chi connectivity index (χ1v) is 6.79. The van der Waals surface area contributed by atoms with E-state index in [0.29, 0.717) is 18.4 Å². The number of fused-ring (bicyclic) bond motifs is 1. The summed E-state index contributed by atoms with van der Waals surface area (Å²) in [7, 11) is 0. The zero-order valence-corrected chi connectivity index (χ0v) is 11.2. The van der Waals surface area contributed by atoms with Crippen LogP contribution in [0.3, 0.4) is 0 Å². The Labute approximate surface area is 114 Å². The lowest BCUT2D eigenvalue weighted by Crippen LogP contribution is -2.48. The molecule has 4 atom stereocenters. The number of H-pyrrole nitrogens is 1. The highest BCUT2D eigenvalue weighted by Gasteiger charge is 2.52. The summed E-state index contributed by atoms with van der Waals surface area (Å²) in [6, 6.07) is 0. The molecule has 1 saturated carbocycles. The molecule has 1 aromatic rings. The van der Waals surface area contributed by atoms with E-state index >= 15 is 0 Å². The van der Waals surface area contributed by atoms with Gasteiger partial charge in [0.2, 0.25) is 0 Å². The summed E-state index contributed by atoms with van der Waals surface area (Å²) in [5.41, 5.74) is -1.70. The van der Waals surface area contributed by atoms with Gasteiger partial charge >= 0.3 is 5.69 Å². The monoisotopic (exact) mass is 282 g/mol. The van der Waals surface area contributed by atoms with Crippen LogP contribution in [0.4, 0.5) is 0 Å². The molecule has 1 aliphatic heterocycles. The van der Waals surface area contributed by atoms with Gasteiger partial charge in [-0.1, -0.05) is 0 Å². The lowest BCUT2D eigenvalue weighted by molar-refractivity contribution is -0.137. The molecule has 3 N–H and O–H groups in total. The zero-order chi connectivity index (χ0) is 14.5. The molecular weight excluding hydrogens is 264 g/mol. The number of aryl methyl sites for hydroxylation is 1. The first kappa shape index (κ1) is 13.5. The van der Waals surface area contributed by atoms with E-state index in [2.05, 4.69) is 4.98 Å². The van der Waals surface area contributed by atoms with E-state index in [9.17, 15) is 19.8 Å². The van der Waals surface area contributed by atoms with Crippen LogP contribution in [0.25, 0.3) is 0 Å². The third-order valence-electron chi connectivity index (χ3n) is 4.28. The minimum Gasteiger partial charge on any atom is -0.390 e. The Morgan fingerprint density at radius 1 is 1.50 bits per heavy atom. The fourth-order valence-corrected chi connectivity index (χ4v) is 3.19. The van der Waals surface area contributed by atoms with Crippen molar-refractivity contribution in [3.63, 3.8) is 0 Å². The van der Waals surface area contributed by atoms with Crippen molar-refractivity contribution >= 4 is 0 Å². The molecule has 2 heterocycles. The molecule has 0 aromatic carbocycles. The molecular formula is C13H18N2O5. The first-order chi connectivity index (χ1) is 9.40. The van der Waals surface area contributed by atoms with Crippen molar-refractivity contribution in [1.29, 1.82) is 0 Å². The van der Waals surface area contributed by atoms with Crippen molar-refractivity contribution in [3.05, 3.63) is 32.6 Å². The summed E-state index contributed by atoms with van der Waals surface area (Å²) < 4.78 is 6.96. The van der Waals surface area contributed by atoms with Gasteiger partial charge in [-0.05, 0) is 26.2 Å². The highest BCUT2D eigenvalue weighted by atomic mass is 16.5. The second-order valence-electron chi connectivity index (χ2n) is 5.76. The molecule has 0 bridgehead atoms. The van der Waals surface area contributed by atoms with Crippen molar-refractivity contribution < 1.29 is 14.9 Å². The summed E-state index contributed by atoms with van der Waals surface area (Å²) in [4.78, 5) is 25.4. The Hall–Kier alpha value is -1.44. The van der Waals surface area contributed by atoms with Crippen molar-refractivity contribution in [2.24, 2.45) is 0 Å². The van der Waals surface area contributed by atoms with Crippen LogP contribution in [0.1, 0.15) is 37.5 Å². The number of hydrogen-bond donors (Lipinski definition) is 3. The number of hydrogen-bond acceptors (Lipinski definition) is 5. The van der Waals surface area contributed by atoms with Crippen LogP contribution in [0, 0.1) is 6.92 Å². The molecule has 1 aliphatic carbocycles. The van der Waals surface area contributed by atoms with E-state index in [1.54, 1.807) is 6.92 Å². The van der Waals surface area contributed by atoms with Crippen LogP contribution >= 0.6 is 0 Å². The average Bonchev–Trinajstić information content (AvgIpc) is 2.72. The molecule has 20 heavy (non-hydrogen) atoms. The summed E-state index contributed by atoms with van der Waals surface area (Å²) in [6.07, 6.45) is 1.45. The number of aromatic nitrogens is 2. The Morgan fingerprint density at radius 2 is 2.25 bits per heavy atom. The Morgan fingerprint density at radius 3 is 2.95 bits per heavy atom. The molecule has 0 radical (unpaired) electrons. The summed E-state index contributed by atoms with van der Waals surface area (Å²) in [5, 5.41) is 20.5. The molecule has 110 valence electrons. The second kappa shape index (κ2) is 4.54. The fraction of sp³-hybridized carbons (Fsp3) is 0.692. The molecule has 1 aromatic heterocycles. The molecule has 7 heteroatoms. The first-order valence-electron chi connectivity index (χ1n) is 6.79. The predicted molar refractivity (Wildman–Crippen MR) is 69.4 cm³/mol. The van der Waals surface area contributed by atoms with E-state index in [-0.39, 0.29) is 6.42 Å². The number of rotatable bonds is 1. The minimum atomic E-state index is -1.11. The molecule has 1 saturated heterocycles. The van der Waals surface area contributed by atoms with Gasteiger partial charge in [0.25, 0.3) is 5.56 Å². The van der Waals surface area contributed by atoms with Crippen molar-refractivity contribution in [2.45, 2.75) is 56.6 Å². The fourth-order valence-electron chi connectivity index (χ4n) is 3.19. The van der Waals surface area contributed by atoms with Gasteiger partial charge in [0.1, 0.15) is 12.3 Å². The average molecular weight is 282 g/mol. The van der Waals surface area contributed by atoms with Crippen LogP contribution in [-0.4, -0.2) is 37.6 Å². The van der Waals surface area contributed by atoms with E-state index < -0.39 is 35.3 Å². The lowest BCUT2D eigenvalue weighted by atomic mass is 9.80. The van der Waals surface area contributed by atoms with Gasteiger partial charge in [0.05, 0.1) is 11.7 Å². The van der Waals surface area contributed by atoms with Crippen LogP contribution in [0.2, 0.25) is 0 Å². The van der Waals surface area contributed by atoms with Gasteiger partial charge in [0.15, 0.2) is 0 Å². The lowest BCUT2D eigenvalue weighted by Gasteiger charge is -2.35. The molecule has 0 spiro atoms. The van der Waals surface area contributed by atoms with E-state index in [0.717, 1.165) is 6.42 Å². The topological polar surface area (TPSA) is 105 Å². The number of aliphatic hydroxyl groups excluding tert-OH is 1. The summed E-state index contributed by atoms with van der Waals surface area (Å²) >= 11 is 0. The Balaban J connectivity index is 1.96. The molecule has 0 amide bonds. The smallest absolute Gasteiger partial charge is 0.330 e. The van der Waals surface area contributed by atoms with Crippen LogP contribution in [-0.2, 0) is 4.74 Å². The quantitative estimate of drug-likeness (QED) is 0.638. The maximum absolute atomic E-state index is 11.9. The van der Waals surface area contributed by atoms with Crippen molar-refractivity contribution in [2.75, 3.05) is 0 Å². The molecule has 3 rings (SSSR count). The highest BCUT2D eigenvalue weighted by molar-refractivity contribution is 5.05. The maximum Gasteiger partial charge on any atom is 0.330 e. The summed E-state index contributed by atoms with van der Waals surface area (Å²) in [5.74, 6) is 0. The largest absolute Gasteiger partial charge is 0.390 e. The predicted octanol–water partition coefficient (Wildman–Crippen LogP) is -0.592. The van der Waals surface area contributed by atoms with Gasteiger partial charge < -0.3 is 14.9 Å². The normalized spacial score (nSPS) is 36.9. The second-order valence-corrected chi connectivity index (χ2v) is 5.76. The highest BCUT2D eigenvalue weighted by Crippen LogP contribution is 2.44. The maximum atomic E-state index is 11.9. The van der Waals surface area contributed by atoms with Gasteiger partial charge in [0, 0.05) is 18.2 Å². The standard InChI is InChI=1S/C13H18N2O5/c1-7-6-15(12(18)14-11(7)17)9-5-13(19)4-2-3-8(16)10(13)20-9/h6,8-10,16,19H,2-5H2,1H3,(H,14,17,18)/t8-,9+,10-,13+/m0/s1. The van der Waals surface area contributed by atoms with Gasteiger partial charge in [-0.2, -0.15) is 0 Å². The van der Waals surface area contributed by atoms with Gasteiger partial charge in [-0.3, -0.25) is 14.3 Å². The van der Waals surface area contributed by atoms with Gasteiger partial charge in [-0.25, -0.2) is 4.79 Å². The third kappa shape index (κ3) is 2.02. The van der Waals surface area contributed by atoms with E-state index in [4.69, 9.17) is 4.74 Å². The molecule has 2 fully saturated rings. The van der Waals surface area contributed by atoms with E-state index in [1.807, 2.05) is 0 Å². The third-order valence-corrected chi connectivity index (χ3v) is 4.28. The SMILES string of the molecule is Cc1cn([C@H]2C[C@]3(O)CCC[C@H](O)[C@@H]3O2)c(=O)[nH]c1=O. The zero-order valence-electron chi connectivity index (χ0n) is 11.2. The van der Waals surface area contributed by atoms with Crippen LogP contribution in [0.15, 0.2) is 15.8 Å². The Bertz CT molecular complexity index is 636. The molecule has 2 aliphatic rings. The molecule has 7 nitrogen and oxygen atoms in total. The number of aromatic amines is 1. The van der Waals surface area contributed by atoms with Crippen molar-refractivity contribution in [3.8, 4) is 0 Å². The number of ether oxygens (including phenoxy) is 1. The number of nitrogens with zero attached hydrogens (tertiary/aromatic N) is 1. The summed E-state index contributed by atoms with van der Waals surface area (Å²) in [6.45, 7) is 1.60. The van der Waals surface area contributed by atoms with Crippen LogP contribution in [0.5, 0.6) is 0 Å². The number of nitrogens with one attached hydrogen (secondary N) is 1.